The first-order valence-electron chi connectivity index (χ1n) is 19.3. The van der Waals surface area contributed by atoms with E-state index in [4.69, 9.17) is 0 Å². The molecule has 0 heteroatoms. The Morgan fingerprint density at radius 2 is 0.537 bits per heavy atom. The molecule has 0 fully saturated rings. The molecule has 54 heavy (non-hydrogen) atoms. The Bertz CT molecular complexity index is 2680. The van der Waals surface area contributed by atoms with Crippen LogP contribution >= 0.6 is 0 Å². The minimum Gasteiger partial charge on any atom is -0.0619 e. The van der Waals surface area contributed by atoms with Crippen molar-refractivity contribution in [2.24, 2.45) is 0 Å². The molecule has 0 atom stereocenters. The third kappa shape index (κ3) is 3.50. The van der Waals surface area contributed by atoms with Gasteiger partial charge < -0.3 is 0 Å². The van der Waals surface area contributed by atoms with Gasteiger partial charge in [0.25, 0.3) is 0 Å². The quantitative estimate of drug-likeness (QED) is 0.161. The van der Waals surface area contributed by atoms with Gasteiger partial charge in [-0.1, -0.05) is 168 Å². The average Bonchev–Trinajstić information content (AvgIpc) is 3.85. The molecule has 8 aromatic rings. The second-order valence-corrected chi connectivity index (χ2v) is 16.3. The highest BCUT2D eigenvalue weighted by Gasteiger charge is 2.53. The molecule has 0 nitrogen and oxygen atoms in total. The van der Waals surface area contributed by atoms with Crippen molar-refractivity contribution in [2.75, 3.05) is 0 Å². The molecule has 8 aromatic carbocycles. The van der Waals surface area contributed by atoms with Crippen LogP contribution in [0, 0.1) is 27.7 Å². The molecule has 0 aliphatic heterocycles. The number of aryl methyl sites for hydroxylation is 4. The van der Waals surface area contributed by atoms with E-state index < -0.39 is 0 Å². The highest BCUT2D eigenvalue weighted by atomic mass is 14.5. The monoisotopic (exact) mass is 686 g/mol. The van der Waals surface area contributed by atoms with Crippen molar-refractivity contribution in [3.05, 3.63) is 224 Å². The molecular weight excluding hydrogens is 649 g/mol. The molecule has 4 aliphatic carbocycles. The number of rotatable bonds is 1. The molecule has 0 heterocycles. The molecule has 0 N–H and O–H groups in total. The van der Waals surface area contributed by atoms with Crippen LogP contribution in [0.15, 0.2) is 158 Å². The van der Waals surface area contributed by atoms with E-state index in [0.717, 1.165) is 0 Å². The van der Waals surface area contributed by atoms with Gasteiger partial charge in [-0.15, -0.1) is 0 Å². The average molecular weight is 687 g/mol. The standard InChI is InChI=1S/C54H38/c1-31-13-21-47-41(25-31)42-26-32(2)14-22-48(42)53(47)45-11-7-5-9-37(45)39-19-17-35(29-51(39)53)36-18-20-40-38-10-6-8-12-46(38)54(52(40)30-36)49-23-15-33(3)27-43(49)44-28-34(4)16-24-50(44)54/h5-30H,1-4H3. The van der Waals surface area contributed by atoms with Crippen molar-refractivity contribution < 1.29 is 0 Å². The van der Waals surface area contributed by atoms with Gasteiger partial charge in [-0.2, -0.15) is 0 Å². The zero-order valence-corrected chi connectivity index (χ0v) is 31.0. The van der Waals surface area contributed by atoms with Gasteiger partial charge in [-0.25, -0.2) is 0 Å². The van der Waals surface area contributed by atoms with Crippen LogP contribution in [0.5, 0.6) is 0 Å². The van der Waals surface area contributed by atoms with Gasteiger partial charge in [0.15, 0.2) is 0 Å². The Hall–Kier alpha value is -6.24. The highest BCUT2D eigenvalue weighted by molar-refractivity contribution is 5.98. The predicted molar refractivity (Wildman–Crippen MR) is 223 cm³/mol. The molecule has 2 spiro atoms. The normalized spacial score (nSPS) is 15.0. The largest absolute Gasteiger partial charge is 0.0725 e. The van der Waals surface area contributed by atoms with Crippen molar-refractivity contribution >= 4 is 0 Å². The SMILES string of the molecule is Cc1ccc2c(c1)-c1cc(C)ccc1C21c2ccccc2-c2ccc(-c3ccc4c(c3)C3(c5ccccc5-4)c4ccc(C)cc4-c4cc(C)ccc43)cc21. The van der Waals surface area contributed by atoms with Crippen LogP contribution in [0.4, 0.5) is 0 Å². The van der Waals surface area contributed by atoms with Crippen molar-refractivity contribution in [2.45, 2.75) is 38.5 Å². The van der Waals surface area contributed by atoms with E-state index in [1.807, 2.05) is 0 Å². The molecule has 0 unspecified atom stereocenters. The smallest absolute Gasteiger partial charge is 0.0619 e. The summed E-state index contributed by atoms with van der Waals surface area (Å²) in [5.74, 6) is 0. The Labute approximate surface area is 317 Å². The third-order valence-electron chi connectivity index (χ3n) is 13.3. The number of hydrogen-bond acceptors (Lipinski definition) is 0. The van der Waals surface area contributed by atoms with E-state index in [0.29, 0.717) is 0 Å². The summed E-state index contributed by atoms with van der Waals surface area (Å²) in [6, 6.07) is 61.4. The minimum atomic E-state index is -0.374. The molecular formula is C54H38. The summed E-state index contributed by atoms with van der Waals surface area (Å²) in [6.07, 6.45) is 0. The van der Waals surface area contributed by atoms with E-state index in [1.54, 1.807) is 0 Å². The number of hydrogen-bond donors (Lipinski definition) is 0. The molecule has 4 aliphatic rings. The van der Waals surface area contributed by atoms with Crippen molar-refractivity contribution in [3.63, 3.8) is 0 Å². The van der Waals surface area contributed by atoms with Crippen LogP contribution in [-0.4, -0.2) is 0 Å². The fourth-order valence-electron chi connectivity index (χ4n) is 11.2. The van der Waals surface area contributed by atoms with Crippen molar-refractivity contribution in [1.82, 2.24) is 0 Å². The summed E-state index contributed by atoms with van der Waals surface area (Å²) >= 11 is 0. The molecule has 0 bridgehead atoms. The van der Waals surface area contributed by atoms with E-state index >= 15 is 0 Å². The number of benzene rings is 8. The first kappa shape index (κ1) is 30.2. The molecule has 0 saturated heterocycles. The summed E-state index contributed by atoms with van der Waals surface area (Å²) in [4.78, 5) is 0. The summed E-state index contributed by atoms with van der Waals surface area (Å²) < 4.78 is 0. The number of fused-ring (bicyclic) bond motifs is 20. The first-order valence-corrected chi connectivity index (χ1v) is 19.3. The van der Waals surface area contributed by atoms with E-state index in [2.05, 4.69) is 185 Å². The van der Waals surface area contributed by atoms with Crippen molar-refractivity contribution in [3.8, 4) is 55.6 Å². The van der Waals surface area contributed by atoms with Crippen LogP contribution in [-0.2, 0) is 10.8 Å². The van der Waals surface area contributed by atoms with Crippen molar-refractivity contribution in [1.29, 1.82) is 0 Å². The molecule has 0 aromatic heterocycles. The fourth-order valence-corrected chi connectivity index (χ4v) is 11.2. The third-order valence-corrected chi connectivity index (χ3v) is 13.3. The van der Waals surface area contributed by atoms with Gasteiger partial charge in [-0.3, -0.25) is 0 Å². The van der Waals surface area contributed by atoms with Gasteiger partial charge in [0, 0.05) is 0 Å². The second kappa shape index (κ2) is 10.2. The molecule has 12 rings (SSSR count). The van der Waals surface area contributed by atoms with Gasteiger partial charge in [0.05, 0.1) is 10.8 Å². The predicted octanol–water partition coefficient (Wildman–Crippen LogP) is 13.3. The van der Waals surface area contributed by atoms with Crippen LogP contribution in [0.1, 0.15) is 66.8 Å². The second-order valence-electron chi connectivity index (χ2n) is 16.3. The Balaban J connectivity index is 1.13. The van der Waals surface area contributed by atoms with Crippen LogP contribution < -0.4 is 0 Å². The van der Waals surface area contributed by atoms with E-state index in [9.17, 15) is 0 Å². The Kier molecular flexibility index (Phi) is 5.74. The Morgan fingerprint density at radius 1 is 0.241 bits per heavy atom. The summed E-state index contributed by atoms with van der Waals surface area (Å²) in [5, 5.41) is 0. The van der Waals surface area contributed by atoms with Gasteiger partial charge >= 0.3 is 0 Å². The molecule has 0 saturated carbocycles. The van der Waals surface area contributed by atoms with Crippen LogP contribution in [0.3, 0.4) is 0 Å². The van der Waals surface area contributed by atoms with Gasteiger partial charge in [0.1, 0.15) is 0 Å². The first-order chi connectivity index (χ1) is 26.4. The summed E-state index contributed by atoms with van der Waals surface area (Å²) in [6.45, 7) is 8.88. The fraction of sp³-hybridized carbons (Fsp3) is 0.111. The van der Waals surface area contributed by atoms with Gasteiger partial charge in [-0.05, 0) is 140 Å². The maximum atomic E-state index is 2.54. The van der Waals surface area contributed by atoms with Crippen LogP contribution in [0.2, 0.25) is 0 Å². The topological polar surface area (TPSA) is 0 Å². The minimum absolute atomic E-state index is 0.374. The molecule has 254 valence electrons. The van der Waals surface area contributed by atoms with E-state index in [1.165, 1.54) is 122 Å². The zero-order valence-electron chi connectivity index (χ0n) is 31.0. The maximum Gasteiger partial charge on any atom is 0.0725 e. The lowest BCUT2D eigenvalue weighted by molar-refractivity contribution is 0.792. The molecule has 0 amide bonds. The summed E-state index contributed by atoms with van der Waals surface area (Å²) in [5.41, 5.74) is 28.9. The lowest BCUT2D eigenvalue weighted by Crippen LogP contribution is -2.26. The summed E-state index contributed by atoms with van der Waals surface area (Å²) in [7, 11) is 0. The lowest BCUT2D eigenvalue weighted by Gasteiger charge is -2.31. The highest BCUT2D eigenvalue weighted by Crippen LogP contribution is 2.65. The maximum absolute atomic E-state index is 2.54. The Morgan fingerprint density at radius 3 is 0.889 bits per heavy atom. The van der Waals surface area contributed by atoms with E-state index in [-0.39, 0.29) is 10.8 Å². The zero-order chi connectivity index (χ0) is 36.1. The lowest BCUT2D eigenvalue weighted by atomic mass is 9.69. The van der Waals surface area contributed by atoms with Crippen LogP contribution in [0.25, 0.3) is 55.6 Å². The van der Waals surface area contributed by atoms with Gasteiger partial charge in [0.2, 0.25) is 0 Å². The molecule has 0 radical (unpaired) electrons.